The van der Waals surface area contributed by atoms with Crippen molar-refractivity contribution in [3.8, 4) is 0 Å². The van der Waals surface area contributed by atoms with Gasteiger partial charge in [-0.15, -0.1) is 0 Å². The molecule has 25 heavy (non-hydrogen) atoms. The van der Waals surface area contributed by atoms with Crippen LogP contribution in [0.1, 0.15) is 17.0 Å². The van der Waals surface area contributed by atoms with Gasteiger partial charge < -0.3 is 9.80 Å². The van der Waals surface area contributed by atoms with Gasteiger partial charge in [0.25, 0.3) is 5.69 Å². The number of rotatable bonds is 4. The number of anilines is 1. The van der Waals surface area contributed by atoms with Crippen molar-refractivity contribution in [2.24, 2.45) is 0 Å². The van der Waals surface area contributed by atoms with E-state index in [1.165, 1.54) is 12.3 Å². The standard InChI is InChI=1S/C16H20N6O3/c1-11-14(12(2)19-18-11)9-16(23)21-7-5-20(6-8-21)15-4-3-13(10-17-15)22(24)25/h3-4,10H,5-9H2,1-2H3,(H,18,19). The molecule has 0 aliphatic carbocycles. The number of nitrogens with one attached hydrogen (secondary N) is 1. The first kappa shape index (κ1) is 16.9. The molecule has 3 rings (SSSR count). The van der Waals surface area contributed by atoms with Gasteiger partial charge in [-0.2, -0.15) is 5.10 Å². The highest BCUT2D eigenvalue weighted by Gasteiger charge is 2.23. The molecular weight excluding hydrogens is 324 g/mol. The molecule has 0 radical (unpaired) electrons. The Balaban J connectivity index is 1.58. The van der Waals surface area contributed by atoms with E-state index in [4.69, 9.17) is 0 Å². The lowest BCUT2D eigenvalue weighted by Gasteiger charge is -2.35. The Morgan fingerprint density at radius 2 is 2.00 bits per heavy atom. The molecule has 1 amide bonds. The zero-order valence-corrected chi connectivity index (χ0v) is 14.2. The monoisotopic (exact) mass is 344 g/mol. The van der Waals surface area contributed by atoms with Crippen LogP contribution in [0.15, 0.2) is 18.3 Å². The molecule has 9 nitrogen and oxygen atoms in total. The number of carbonyl (C=O) groups excluding carboxylic acids is 1. The predicted molar refractivity (Wildman–Crippen MR) is 91.5 cm³/mol. The molecule has 1 aliphatic rings. The van der Waals surface area contributed by atoms with Crippen LogP contribution >= 0.6 is 0 Å². The van der Waals surface area contributed by atoms with Crippen LogP contribution in [0.2, 0.25) is 0 Å². The second-order valence-electron chi connectivity index (χ2n) is 6.09. The minimum absolute atomic E-state index is 0.0246. The number of aromatic nitrogens is 3. The van der Waals surface area contributed by atoms with Gasteiger partial charge in [-0.3, -0.25) is 20.0 Å². The van der Waals surface area contributed by atoms with E-state index in [-0.39, 0.29) is 11.6 Å². The Labute approximate surface area is 144 Å². The van der Waals surface area contributed by atoms with Crippen molar-refractivity contribution in [2.75, 3.05) is 31.1 Å². The number of nitro groups is 1. The first-order chi connectivity index (χ1) is 12.0. The average Bonchev–Trinajstić information content (AvgIpc) is 2.94. The number of carbonyl (C=O) groups is 1. The molecule has 0 spiro atoms. The fourth-order valence-corrected chi connectivity index (χ4v) is 2.96. The first-order valence-electron chi connectivity index (χ1n) is 8.09. The number of H-pyrrole nitrogens is 1. The second-order valence-corrected chi connectivity index (χ2v) is 6.09. The van der Waals surface area contributed by atoms with Crippen LogP contribution in [-0.4, -0.2) is 57.1 Å². The maximum atomic E-state index is 12.5. The fourth-order valence-electron chi connectivity index (χ4n) is 2.96. The second kappa shape index (κ2) is 6.88. The maximum absolute atomic E-state index is 12.5. The molecule has 1 N–H and O–H groups in total. The van der Waals surface area contributed by atoms with E-state index in [1.807, 2.05) is 23.6 Å². The molecule has 2 aromatic rings. The van der Waals surface area contributed by atoms with Crippen LogP contribution in [-0.2, 0) is 11.2 Å². The molecule has 0 bridgehead atoms. The van der Waals surface area contributed by atoms with Crippen molar-refractivity contribution >= 4 is 17.4 Å². The highest BCUT2D eigenvalue weighted by atomic mass is 16.6. The third-order valence-electron chi connectivity index (χ3n) is 4.51. The van der Waals surface area contributed by atoms with Gasteiger partial charge in [-0.1, -0.05) is 0 Å². The minimum Gasteiger partial charge on any atom is -0.353 e. The number of hydrogen-bond donors (Lipinski definition) is 1. The van der Waals surface area contributed by atoms with Crippen molar-refractivity contribution in [1.82, 2.24) is 20.1 Å². The minimum atomic E-state index is -0.465. The van der Waals surface area contributed by atoms with Gasteiger partial charge in [-0.05, 0) is 19.9 Å². The fraction of sp³-hybridized carbons (Fsp3) is 0.438. The molecule has 0 unspecified atom stereocenters. The number of aromatic amines is 1. The maximum Gasteiger partial charge on any atom is 0.287 e. The summed E-state index contributed by atoms with van der Waals surface area (Å²) < 4.78 is 0. The Morgan fingerprint density at radius 3 is 2.52 bits per heavy atom. The molecule has 0 saturated carbocycles. The van der Waals surface area contributed by atoms with E-state index >= 15 is 0 Å². The SMILES string of the molecule is Cc1n[nH]c(C)c1CC(=O)N1CCN(c2ccc([N+](=O)[O-])cn2)CC1. The number of hydrogen-bond acceptors (Lipinski definition) is 6. The van der Waals surface area contributed by atoms with Crippen molar-refractivity contribution in [3.63, 3.8) is 0 Å². The third kappa shape index (κ3) is 3.59. The van der Waals surface area contributed by atoms with Crippen molar-refractivity contribution < 1.29 is 9.72 Å². The molecule has 9 heteroatoms. The Bertz CT molecular complexity index is 758. The van der Waals surface area contributed by atoms with Gasteiger partial charge in [0.05, 0.1) is 17.0 Å². The lowest BCUT2D eigenvalue weighted by Crippen LogP contribution is -2.49. The van der Waals surface area contributed by atoms with Gasteiger partial charge >= 0.3 is 0 Å². The van der Waals surface area contributed by atoms with E-state index < -0.39 is 4.92 Å². The summed E-state index contributed by atoms with van der Waals surface area (Å²) in [6.07, 6.45) is 1.61. The summed E-state index contributed by atoms with van der Waals surface area (Å²) in [6.45, 7) is 6.33. The summed E-state index contributed by atoms with van der Waals surface area (Å²) in [7, 11) is 0. The van der Waals surface area contributed by atoms with E-state index in [0.717, 1.165) is 17.0 Å². The Kier molecular flexibility index (Phi) is 4.64. The zero-order chi connectivity index (χ0) is 18.0. The number of piperazine rings is 1. The van der Waals surface area contributed by atoms with Crippen LogP contribution < -0.4 is 4.90 Å². The van der Waals surface area contributed by atoms with Gasteiger partial charge in [0.15, 0.2) is 0 Å². The molecule has 1 fully saturated rings. The van der Waals surface area contributed by atoms with E-state index in [1.54, 1.807) is 6.07 Å². The lowest BCUT2D eigenvalue weighted by atomic mass is 10.1. The molecule has 0 atom stereocenters. The number of nitrogens with zero attached hydrogens (tertiary/aromatic N) is 5. The van der Waals surface area contributed by atoms with Gasteiger partial charge in [0, 0.05) is 43.5 Å². The smallest absolute Gasteiger partial charge is 0.287 e. The molecular formula is C16H20N6O3. The molecule has 1 saturated heterocycles. The van der Waals surface area contributed by atoms with Crippen LogP contribution in [0.25, 0.3) is 0 Å². The molecule has 2 aromatic heterocycles. The van der Waals surface area contributed by atoms with Crippen molar-refractivity contribution in [3.05, 3.63) is 45.4 Å². The third-order valence-corrected chi connectivity index (χ3v) is 4.51. The Hall–Kier alpha value is -2.97. The lowest BCUT2D eigenvalue weighted by molar-refractivity contribution is -0.385. The van der Waals surface area contributed by atoms with E-state index in [9.17, 15) is 14.9 Å². The zero-order valence-electron chi connectivity index (χ0n) is 14.2. The van der Waals surface area contributed by atoms with Crippen molar-refractivity contribution in [1.29, 1.82) is 0 Å². The average molecular weight is 344 g/mol. The summed E-state index contributed by atoms with van der Waals surface area (Å²) in [5, 5.41) is 17.7. The normalized spacial score (nSPS) is 14.6. The molecule has 1 aliphatic heterocycles. The highest BCUT2D eigenvalue weighted by Crippen LogP contribution is 2.18. The van der Waals surface area contributed by atoms with Crippen LogP contribution in [0.4, 0.5) is 11.5 Å². The highest BCUT2D eigenvalue weighted by molar-refractivity contribution is 5.79. The molecule has 132 valence electrons. The summed E-state index contributed by atoms with van der Waals surface area (Å²) >= 11 is 0. The van der Waals surface area contributed by atoms with Crippen molar-refractivity contribution in [2.45, 2.75) is 20.3 Å². The summed E-state index contributed by atoms with van der Waals surface area (Å²) in [5.74, 6) is 0.781. The largest absolute Gasteiger partial charge is 0.353 e. The van der Waals surface area contributed by atoms with E-state index in [0.29, 0.717) is 38.4 Å². The quantitative estimate of drug-likeness (QED) is 0.660. The molecule has 0 aromatic carbocycles. The van der Waals surface area contributed by atoms with Crippen LogP contribution in [0.3, 0.4) is 0 Å². The summed E-state index contributed by atoms with van der Waals surface area (Å²) in [4.78, 5) is 30.7. The first-order valence-corrected chi connectivity index (χ1v) is 8.09. The molecule has 3 heterocycles. The predicted octanol–water partition coefficient (Wildman–Crippen LogP) is 1.22. The number of pyridine rings is 1. The van der Waals surface area contributed by atoms with Crippen LogP contribution in [0, 0.1) is 24.0 Å². The van der Waals surface area contributed by atoms with Gasteiger partial charge in [0.1, 0.15) is 12.0 Å². The van der Waals surface area contributed by atoms with Gasteiger partial charge in [-0.25, -0.2) is 4.98 Å². The van der Waals surface area contributed by atoms with E-state index in [2.05, 4.69) is 15.2 Å². The van der Waals surface area contributed by atoms with Crippen LogP contribution in [0.5, 0.6) is 0 Å². The Morgan fingerprint density at radius 1 is 1.28 bits per heavy atom. The number of amides is 1. The topological polar surface area (TPSA) is 108 Å². The van der Waals surface area contributed by atoms with Gasteiger partial charge in [0.2, 0.25) is 5.91 Å². The summed E-state index contributed by atoms with van der Waals surface area (Å²) in [5.41, 5.74) is 2.73. The summed E-state index contributed by atoms with van der Waals surface area (Å²) in [6, 6.07) is 3.10. The number of aryl methyl sites for hydroxylation is 2.